The fourth-order valence-corrected chi connectivity index (χ4v) is 3.75. The summed E-state index contributed by atoms with van der Waals surface area (Å²) in [5, 5.41) is 9.99. The van der Waals surface area contributed by atoms with E-state index in [0.29, 0.717) is 12.3 Å². The normalized spacial score (nSPS) is 17.6. The summed E-state index contributed by atoms with van der Waals surface area (Å²) >= 11 is 0. The molecule has 2 aliphatic heterocycles. The van der Waals surface area contributed by atoms with Crippen molar-refractivity contribution >= 4 is 17.3 Å². The highest BCUT2D eigenvalue weighted by Gasteiger charge is 2.27. The molecule has 25 heavy (non-hydrogen) atoms. The van der Waals surface area contributed by atoms with Crippen LogP contribution in [-0.2, 0) is 11.2 Å². The number of hydrogen-bond acceptors (Lipinski definition) is 4. The highest BCUT2D eigenvalue weighted by Crippen LogP contribution is 2.29. The maximum absolute atomic E-state index is 12.7. The second-order valence-corrected chi connectivity index (χ2v) is 6.68. The molecule has 4 rings (SSSR count). The van der Waals surface area contributed by atoms with Crippen LogP contribution in [0, 0.1) is 0 Å². The van der Waals surface area contributed by atoms with Gasteiger partial charge < -0.3 is 14.9 Å². The van der Waals surface area contributed by atoms with E-state index in [1.54, 1.807) is 6.07 Å². The molecule has 5 nitrogen and oxygen atoms in total. The third-order valence-corrected chi connectivity index (χ3v) is 5.14. The van der Waals surface area contributed by atoms with Gasteiger partial charge in [0.05, 0.1) is 12.2 Å². The van der Waals surface area contributed by atoms with E-state index in [0.717, 1.165) is 50.5 Å². The Balaban J connectivity index is 1.35. The van der Waals surface area contributed by atoms with Crippen LogP contribution in [0.4, 0.5) is 11.4 Å². The van der Waals surface area contributed by atoms with Gasteiger partial charge in [0.1, 0.15) is 5.75 Å². The SMILES string of the molecule is O=C(CN1CCN(c2ccccc2O)CC1)N1CCc2ccccc21. The van der Waals surface area contributed by atoms with Crippen LogP contribution in [0.25, 0.3) is 0 Å². The summed E-state index contributed by atoms with van der Waals surface area (Å²) in [4.78, 5) is 19.0. The first-order valence-corrected chi connectivity index (χ1v) is 8.86. The second kappa shape index (κ2) is 6.76. The Kier molecular flexibility index (Phi) is 4.32. The van der Waals surface area contributed by atoms with Gasteiger partial charge in [-0.25, -0.2) is 0 Å². The first-order valence-electron chi connectivity index (χ1n) is 8.86. The maximum Gasteiger partial charge on any atom is 0.241 e. The standard InChI is InChI=1S/C20H23N3O2/c24-19-8-4-3-7-18(19)22-13-11-21(12-14-22)15-20(25)23-10-9-16-5-1-2-6-17(16)23/h1-8,24H,9-15H2. The van der Waals surface area contributed by atoms with E-state index in [2.05, 4.69) is 15.9 Å². The molecule has 2 aliphatic rings. The Labute approximate surface area is 148 Å². The van der Waals surface area contributed by atoms with E-state index in [1.165, 1.54) is 5.56 Å². The molecule has 2 aromatic rings. The van der Waals surface area contributed by atoms with Crippen LogP contribution < -0.4 is 9.80 Å². The van der Waals surface area contributed by atoms with E-state index in [1.807, 2.05) is 41.3 Å². The van der Waals surface area contributed by atoms with Gasteiger partial charge in [0, 0.05) is 38.4 Å². The van der Waals surface area contributed by atoms with Crippen molar-refractivity contribution in [3.63, 3.8) is 0 Å². The zero-order valence-electron chi connectivity index (χ0n) is 14.3. The van der Waals surface area contributed by atoms with Gasteiger partial charge in [0.25, 0.3) is 0 Å². The number of amides is 1. The van der Waals surface area contributed by atoms with E-state index in [-0.39, 0.29) is 5.91 Å². The van der Waals surface area contributed by atoms with Crippen molar-refractivity contribution in [3.8, 4) is 5.75 Å². The third kappa shape index (κ3) is 3.20. The van der Waals surface area contributed by atoms with Crippen LogP contribution in [0.2, 0.25) is 0 Å². The van der Waals surface area contributed by atoms with E-state index in [9.17, 15) is 9.90 Å². The molecule has 0 radical (unpaired) electrons. The minimum Gasteiger partial charge on any atom is -0.506 e. The Morgan fingerprint density at radius 3 is 2.32 bits per heavy atom. The lowest BCUT2D eigenvalue weighted by Crippen LogP contribution is -2.50. The molecule has 130 valence electrons. The summed E-state index contributed by atoms with van der Waals surface area (Å²) in [5.41, 5.74) is 3.21. The number of carbonyl (C=O) groups excluding carboxylic acids is 1. The van der Waals surface area contributed by atoms with Gasteiger partial charge in [-0.1, -0.05) is 30.3 Å². The quantitative estimate of drug-likeness (QED) is 0.932. The number of anilines is 2. The molecular weight excluding hydrogens is 314 g/mol. The number of rotatable bonds is 3. The van der Waals surface area contributed by atoms with Crippen LogP contribution in [-0.4, -0.2) is 55.2 Å². The predicted octanol–water partition coefficient (Wildman–Crippen LogP) is 2.10. The smallest absolute Gasteiger partial charge is 0.241 e. The number of phenolic OH excluding ortho intramolecular Hbond substituents is 1. The van der Waals surface area contributed by atoms with Gasteiger partial charge >= 0.3 is 0 Å². The Morgan fingerprint density at radius 1 is 0.880 bits per heavy atom. The van der Waals surface area contributed by atoms with Crippen molar-refractivity contribution in [2.24, 2.45) is 0 Å². The summed E-state index contributed by atoms with van der Waals surface area (Å²) in [7, 11) is 0. The predicted molar refractivity (Wildman–Crippen MR) is 99.3 cm³/mol. The average molecular weight is 337 g/mol. The van der Waals surface area contributed by atoms with E-state index >= 15 is 0 Å². The molecule has 0 aromatic heterocycles. The van der Waals surface area contributed by atoms with Crippen molar-refractivity contribution < 1.29 is 9.90 Å². The minimum absolute atomic E-state index is 0.181. The van der Waals surface area contributed by atoms with Gasteiger partial charge in [-0.05, 0) is 30.2 Å². The van der Waals surface area contributed by atoms with Crippen molar-refractivity contribution in [2.45, 2.75) is 6.42 Å². The summed E-state index contributed by atoms with van der Waals surface area (Å²) in [6, 6.07) is 15.6. The lowest BCUT2D eigenvalue weighted by molar-refractivity contribution is -0.119. The van der Waals surface area contributed by atoms with E-state index < -0.39 is 0 Å². The summed E-state index contributed by atoms with van der Waals surface area (Å²) in [5.74, 6) is 0.502. The fraction of sp³-hybridized carbons (Fsp3) is 0.350. The Bertz CT molecular complexity index is 769. The number of fused-ring (bicyclic) bond motifs is 1. The lowest BCUT2D eigenvalue weighted by Gasteiger charge is -2.36. The van der Waals surface area contributed by atoms with Gasteiger partial charge in [0.15, 0.2) is 0 Å². The summed E-state index contributed by atoms with van der Waals surface area (Å²) in [6.45, 7) is 4.55. The summed E-state index contributed by atoms with van der Waals surface area (Å²) < 4.78 is 0. The number of hydrogen-bond donors (Lipinski definition) is 1. The molecule has 0 bridgehead atoms. The monoisotopic (exact) mass is 337 g/mol. The zero-order chi connectivity index (χ0) is 17.2. The van der Waals surface area contributed by atoms with Gasteiger partial charge in [-0.15, -0.1) is 0 Å². The third-order valence-electron chi connectivity index (χ3n) is 5.14. The molecule has 0 saturated carbocycles. The largest absolute Gasteiger partial charge is 0.506 e. The average Bonchev–Trinajstić information content (AvgIpc) is 3.07. The van der Waals surface area contributed by atoms with E-state index in [4.69, 9.17) is 0 Å². The molecule has 1 N–H and O–H groups in total. The van der Waals surface area contributed by atoms with Crippen LogP contribution in [0.3, 0.4) is 0 Å². The molecule has 1 saturated heterocycles. The molecule has 1 amide bonds. The molecular formula is C20H23N3O2. The Hall–Kier alpha value is -2.53. The molecule has 0 spiro atoms. The van der Waals surface area contributed by atoms with Crippen molar-refractivity contribution in [1.29, 1.82) is 0 Å². The number of phenols is 1. The number of carbonyl (C=O) groups is 1. The van der Waals surface area contributed by atoms with Crippen molar-refractivity contribution in [3.05, 3.63) is 54.1 Å². The first-order chi connectivity index (χ1) is 12.2. The summed E-state index contributed by atoms with van der Waals surface area (Å²) in [6.07, 6.45) is 0.947. The fourth-order valence-electron chi connectivity index (χ4n) is 3.75. The topological polar surface area (TPSA) is 47.0 Å². The van der Waals surface area contributed by atoms with Gasteiger partial charge in [-0.3, -0.25) is 9.69 Å². The number of piperazine rings is 1. The van der Waals surface area contributed by atoms with Crippen molar-refractivity contribution in [1.82, 2.24) is 4.90 Å². The lowest BCUT2D eigenvalue weighted by atomic mass is 10.2. The number of aromatic hydroxyl groups is 1. The van der Waals surface area contributed by atoms with Gasteiger partial charge in [-0.2, -0.15) is 0 Å². The number of benzene rings is 2. The Morgan fingerprint density at radius 2 is 1.56 bits per heavy atom. The molecule has 2 aromatic carbocycles. The molecule has 5 heteroatoms. The highest BCUT2D eigenvalue weighted by atomic mass is 16.3. The molecule has 0 unspecified atom stereocenters. The van der Waals surface area contributed by atoms with Crippen LogP contribution in [0.15, 0.2) is 48.5 Å². The number of para-hydroxylation sites is 3. The second-order valence-electron chi connectivity index (χ2n) is 6.68. The molecule has 0 aliphatic carbocycles. The molecule has 1 fully saturated rings. The van der Waals surface area contributed by atoms with Gasteiger partial charge in [0.2, 0.25) is 5.91 Å². The zero-order valence-corrected chi connectivity index (χ0v) is 14.3. The molecule has 2 heterocycles. The maximum atomic E-state index is 12.7. The van der Waals surface area contributed by atoms with Crippen molar-refractivity contribution in [2.75, 3.05) is 49.1 Å². The van der Waals surface area contributed by atoms with Crippen LogP contribution in [0.5, 0.6) is 5.75 Å². The van der Waals surface area contributed by atoms with Crippen LogP contribution in [0.1, 0.15) is 5.56 Å². The number of nitrogens with zero attached hydrogens (tertiary/aromatic N) is 3. The first kappa shape index (κ1) is 16.0. The van der Waals surface area contributed by atoms with Crippen LogP contribution >= 0.6 is 0 Å². The highest BCUT2D eigenvalue weighted by molar-refractivity contribution is 5.96. The molecule has 0 atom stereocenters. The minimum atomic E-state index is 0.181.